The first kappa shape index (κ1) is 15.6. The van der Waals surface area contributed by atoms with Gasteiger partial charge >= 0.3 is 0 Å². The van der Waals surface area contributed by atoms with E-state index in [4.69, 9.17) is 9.47 Å². The van der Waals surface area contributed by atoms with Gasteiger partial charge in [-0.2, -0.15) is 0 Å². The maximum absolute atomic E-state index is 6.20. The van der Waals surface area contributed by atoms with Crippen LogP contribution in [0.4, 0.5) is 0 Å². The Balaban J connectivity index is 1.51. The molecule has 1 spiro atoms. The SMILES string of the molecule is CC(C)(C)C1CCC2(C=C(COC3CCCC3)CO2)CC1. The lowest BCUT2D eigenvalue weighted by Crippen LogP contribution is -2.36. The average Bonchev–Trinajstić information content (AvgIpc) is 3.06. The summed E-state index contributed by atoms with van der Waals surface area (Å²) < 4.78 is 12.2. The molecule has 2 heteroatoms. The third-order valence-electron chi connectivity index (χ3n) is 5.88. The molecule has 0 aromatic rings. The third-order valence-corrected chi connectivity index (χ3v) is 5.88. The van der Waals surface area contributed by atoms with Crippen LogP contribution in [-0.2, 0) is 9.47 Å². The molecule has 120 valence electrons. The highest BCUT2D eigenvalue weighted by Crippen LogP contribution is 2.45. The van der Waals surface area contributed by atoms with Gasteiger partial charge in [-0.25, -0.2) is 0 Å². The van der Waals surface area contributed by atoms with Crippen LogP contribution in [0, 0.1) is 11.3 Å². The van der Waals surface area contributed by atoms with Crippen LogP contribution >= 0.6 is 0 Å². The Bertz CT molecular complexity index is 377. The van der Waals surface area contributed by atoms with Crippen LogP contribution in [0.15, 0.2) is 11.6 Å². The summed E-state index contributed by atoms with van der Waals surface area (Å²) in [5.41, 5.74) is 1.88. The molecule has 0 aromatic heterocycles. The maximum atomic E-state index is 6.20. The summed E-state index contributed by atoms with van der Waals surface area (Å²) in [7, 11) is 0. The molecule has 2 aliphatic carbocycles. The van der Waals surface area contributed by atoms with Gasteiger partial charge in [0.05, 0.1) is 24.9 Å². The zero-order valence-corrected chi connectivity index (χ0v) is 14.1. The van der Waals surface area contributed by atoms with Crippen molar-refractivity contribution >= 4 is 0 Å². The Hall–Kier alpha value is -0.340. The van der Waals surface area contributed by atoms with Crippen LogP contribution in [-0.4, -0.2) is 24.9 Å². The second-order valence-electron chi connectivity index (χ2n) is 8.51. The van der Waals surface area contributed by atoms with E-state index in [1.165, 1.54) is 56.9 Å². The van der Waals surface area contributed by atoms with E-state index in [1.807, 2.05) is 0 Å². The van der Waals surface area contributed by atoms with Crippen molar-refractivity contribution in [2.45, 2.75) is 83.8 Å². The van der Waals surface area contributed by atoms with Crippen LogP contribution in [0.1, 0.15) is 72.1 Å². The number of ether oxygens (including phenoxy) is 2. The molecular weight excluding hydrogens is 260 g/mol. The van der Waals surface area contributed by atoms with Gasteiger partial charge in [0.2, 0.25) is 0 Å². The van der Waals surface area contributed by atoms with Gasteiger partial charge in [-0.05, 0) is 61.5 Å². The quantitative estimate of drug-likeness (QED) is 0.690. The van der Waals surface area contributed by atoms with Crippen molar-refractivity contribution in [2.75, 3.05) is 13.2 Å². The molecule has 21 heavy (non-hydrogen) atoms. The van der Waals surface area contributed by atoms with E-state index >= 15 is 0 Å². The van der Waals surface area contributed by atoms with Gasteiger partial charge in [0.25, 0.3) is 0 Å². The number of rotatable bonds is 3. The lowest BCUT2D eigenvalue weighted by atomic mass is 9.68. The monoisotopic (exact) mass is 292 g/mol. The standard InChI is InChI=1S/C19H32O2/c1-18(2,3)16-8-10-19(11-9-16)12-15(14-21-19)13-20-17-6-4-5-7-17/h12,16-17H,4-11,13-14H2,1-3H3. The Morgan fingerprint density at radius 2 is 1.81 bits per heavy atom. The van der Waals surface area contributed by atoms with Crippen molar-refractivity contribution in [3.63, 3.8) is 0 Å². The lowest BCUT2D eigenvalue weighted by molar-refractivity contribution is -0.0292. The zero-order chi connectivity index (χ0) is 14.9. The fourth-order valence-electron chi connectivity index (χ4n) is 4.32. The lowest BCUT2D eigenvalue weighted by Gasteiger charge is -2.41. The second kappa shape index (κ2) is 6.04. The summed E-state index contributed by atoms with van der Waals surface area (Å²) >= 11 is 0. The summed E-state index contributed by atoms with van der Waals surface area (Å²) in [6.45, 7) is 8.73. The van der Waals surface area contributed by atoms with E-state index in [1.54, 1.807) is 0 Å². The smallest absolute Gasteiger partial charge is 0.0871 e. The summed E-state index contributed by atoms with van der Waals surface area (Å²) in [5.74, 6) is 0.846. The molecule has 1 heterocycles. The molecule has 0 radical (unpaired) electrons. The van der Waals surface area contributed by atoms with E-state index in [0.717, 1.165) is 19.1 Å². The molecule has 0 aromatic carbocycles. The van der Waals surface area contributed by atoms with Crippen molar-refractivity contribution in [1.82, 2.24) is 0 Å². The van der Waals surface area contributed by atoms with E-state index in [0.29, 0.717) is 11.5 Å². The molecule has 2 saturated carbocycles. The fourth-order valence-corrected chi connectivity index (χ4v) is 4.32. The van der Waals surface area contributed by atoms with Crippen LogP contribution in [0.5, 0.6) is 0 Å². The van der Waals surface area contributed by atoms with Gasteiger partial charge in [-0.15, -0.1) is 0 Å². The van der Waals surface area contributed by atoms with E-state index < -0.39 is 0 Å². The highest BCUT2D eigenvalue weighted by Gasteiger charge is 2.40. The minimum Gasteiger partial charge on any atom is -0.374 e. The van der Waals surface area contributed by atoms with Crippen molar-refractivity contribution in [1.29, 1.82) is 0 Å². The predicted octanol–water partition coefficient (Wildman–Crippen LogP) is 4.88. The summed E-state index contributed by atoms with van der Waals surface area (Å²) in [6, 6.07) is 0. The van der Waals surface area contributed by atoms with Crippen LogP contribution in [0.25, 0.3) is 0 Å². The minimum absolute atomic E-state index is 0.0517. The maximum Gasteiger partial charge on any atom is 0.0871 e. The van der Waals surface area contributed by atoms with Crippen LogP contribution in [0.3, 0.4) is 0 Å². The second-order valence-corrected chi connectivity index (χ2v) is 8.51. The molecular formula is C19H32O2. The highest BCUT2D eigenvalue weighted by molar-refractivity contribution is 5.19. The normalized spacial score (nSPS) is 34.6. The van der Waals surface area contributed by atoms with Crippen molar-refractivity contribution in [3.8, 4) is 0 Å². The Morgan fingerprint density at radius 1 is 1.14 bits per heavy atom. The largest absolute Gasteiger partial charge is 0.374 e. The molecule has 3 rings (SSSR count). The topological polar surface area (TPSA) is 18.5 Å². The number of hydrogen-bond acceptors (Lipinski definition) is 2. The first-order chi connectivity index (χ1) is 9.97. The van der Waals surface area contributed by atoms with E-state index in [-0.39, 0.29) is 5.60 Å². The molecule has 0 atom stereocenters. The van der Waals surface area contributed by atoms with Gasteiger partial charge in [0, 0.05) is 0 Å². The fraction of sp³-hybridized carbons (Fsp3) is 0.895. The van der Waals surface area contributed by atoms with Crippen molar-refractivity contribution in [3.05, 3.63) is 11.6 Å². The molecule has 1 aliphatic heterocycles. The average molecular weight is 292 g/mol. The summed E-state index contributed by atoms with van der Waals surface area (Å²) in [5, 5.41) is 0. The molecule has 0 saturated heterocycles. The van der Waals surface area contributed by atoms with Crippen molar-refractivity contribution < 1.29 is 9.47 Å². The van der Waals surface area contributed by atoms with E-state index in [9.17, 15) is 0 Å². The first-order valence-electron chi connectivity index (χ1n) is 8.93. The third kappa shape index (κ3) is 3.71. The van der Waals surface area contributed by atoms with Crippen LogP contribution < -0.4 is 0 Å². The molecule has 0 unspecified atom stereocenters. The molecule has 0 bridgehead atoms. The van der Waals surface area contributed by atoms with Gasteiger partial charge < -0.3 is 9.47 Å². The van der Waals surface area contributed by atoms with Gasteiger partial charge in [0.1, 0.15) is 0 Å². The predicted molar refractivity (Wildman–Crippen MR) is 86.4 cm³/mol. The molecule has 2 nitrogen and oxygen atoms in total. The highest BCUT2D eigenvalue weighted by atomic mass is 16.5. The molecule has 2 fully saturated rings. The van der Waals surface area contributed by atoms with Gasteiger partial charge in [-0.3, -0.25) is 0 Å². The van der Waals surface area contributed by atoms with Crippen molar-refractivity contribution in [2.24, 2.45) is 11.3 Å². The van der Waals surface area contributed by atoms with Crippen LogP contribution in [0.2, 0.25) is 0 Å². The molecule has 3 aliphatic rings. The minimum atomic E-state index is 0.0517. The zero-order valence-electron chi connectivity index (χ0n) is 14.1. The first-order valence-corrected chi connectivity index (χ1v) is 8.93. The molecule has 0 N–H and O–H groups in total. The van der Waals surface area contributed by atoms with Gasteiger partial charge in [-0.1, -0.05) is 33.6 Å². The molecule has 0 amide bonds. The Kier molecular flexibility index (Phi) is 4.47. The Morgan fingerprint density at radius 3 is 2.43 bits per heavy atom. The van der Waals surface area contributed by atoms with E-state index in [2.05, 4.69) is 26.8 Å². The van der Waals surface area contributed by atoms with Gasteiger partial charge in [0.15, 0.2) is 0 Å². The number of hydrogen-bond donors (Lipinski definition) is 0. The summed E-state index contributed by atoms with van der Waals surface area (Å²) in [4.78, 5) is 0. The Labute approximate surface area is 130 Å². The summed E-state index contributed by atoms with van der Waals surface area (Å²) in [6.07, 6.45) is 13.1.